The highest BCUT2D eigenvalue weighted by atomic mass is 16.3. The third-order valence-electron chi connectivity index (χ3n) is 6.05. The van der Waals surface area contributed by atoms with Crippen LogP contribution in [-0.4, -0.2) is 49.6 Å². The molecule has 1 aliphatic carbocycles. The number of aromatic nitrogens is 3. The smallest absolute Gasteiger partial charge is 0.278 e. The molecule has 1 aliphatic heterocycles. The molecule has 7 nitrogen and oxygen atoms in total. The molecule has 26 heavy (non-hydrogen) atoms. The summed E-state index contributed by atoms with van der Waals surface area (Å²) in [6, 6.07) is 6.29. The summed E-state index contributed by atoms with van der Waals surface area (Å²) in [5.41, 5.74) is -0.404. The third-order valence-corrected chi connectivity index (χ3v) is 6.05. The number of amides is 1. The van der Waals surface area contributed by atoms with Crippen LogP contribution in [0.1, 0.15) is 45.1 Å². The molecule has 1 saturated heterocycles. The maximum absolute atomic E-state index is 13.0. The van der Waals surface area contributed by atoms with Gasteiger partial charge in [0.1, 0.15) is 11.6 Å². The van der Waals surface area contributed by atoms with Crippen molar-refractivity contribution in [2.75, 3.05) is 13.1 Å². The van der Waals surface area contributed by atoms with Gasteiger partial charge in [0, 0.05) is 19.0 Å². The van der Waals surface area contributed by atoms with E-state index in [-0.39, 0.29) is 17.4 Å². The highest BCUT2D eigenvalue weighted by molar-refractivity contribution is 5.81. The molecule has 0 spiro atoms. The second-order valence-corrected chi connectivity index (χ2v) is 7.61. The van der Waals surface area contributed by atoms with Crippen molar-refractivity contribution in [1.29, 1.82) is 0 Å². The topological polar surface area (TPSA) is 88.3 Å². The van der Waals surface area contributed by atoms with Gasteiger partial charge in [-0.15, -0.1) is 5.10 Å². The van der Waals surface area contributed by atoms with Crippen LogP contribution in [0.3, 0.4) is 0 Å². The summed E-state index contributed by atoms with van der Waals surface area (Å²) in [7, 11) is 0. The average Bonchev–Trinajstić information content (AvgIpc) is 2.66. The lowest BCUT2D eigenvalue weighted by molar-refractivity contribution is -0.146. The van der Waals surface area contributed by atoms with Crippen molar-refractivity contribution in [1.82, 2.24) is 19.9 Å². The lowest BCUT2D eigenvalue weighted by atomic mass is 9.71. The van der Waals surface area contributed by atoms with E-state index in [4.69, 9.17) is 0 Å². The minimum atomic E-state index is -0.714. The Kier molecular flexibility index (Phi) is 4.26. The summed E-state index contributed by atoms with van der Waals surface area (Å²) < 4.78 is 1.17. The first-order valence-corrected chi connectivity index (χ1v) is 9.35. The maximum Gasteiger partial charge on any atom is 0.278 e. The minimum absolute atomic E-state index is 0.126. The number of carbonyl (C=O) groups is 1. The molecular weight excluding hydrogens is 332 g/mol. The quantitative estimate of drug-likeness (QED) is 0.881. The van der Waals surface area contributed by atoms with Gasteiger partial charge in [-0.05, 0) is 38.3 Å². The highest BCUT2D eigenvalue weighted by Gasteiger charge is 2.44. The fraction of sp³-hybridized carbons (Fsp3) is 0.579. The van der Waals surface area contributed by atoms with Crippen molar-refractivity contribution in [3.63, 3.8) is 0 Å². The number of rotatable bonds is 2. The molecule has 138 valence electrons. The van der Waals surface area contributed by atoms with Gasteiger partial charge in [0.25, 0.3) is 5.56 Å². The number of aliphatic hydroxyl groups is 1. The van der Waals surface area contributed by atoms with Gasteiger partial charge in [-0.1, -0.05) is 30.2 Å². The van der Waals surface area contributed by atoms with Crippen LogP contribution in [-0.2, 0) is 4.79 Å². The molecule has 1 amide bonds. The van der Waals surface area contributed by atoms with E-state index in [2.05, 4.69) is 10.3 Å². The van der Waals surface area contributed by atoms with Crippen molar-refractivity contribution in [2.24, 2.45) is 5.92 Å². The largest absolute Gasteiger partial charge is 0.389 e. The lowest BCUT2D eigenvalue weighted by Gasteiger charge is -2.47. The van der Waals surface area contributed by atoms with E-state index in [1.54, 1.807) is 36.1 Å². The Morgan fingerprint density at radius 3 is 2.96 bits per heavy atom. The summed E-state index contributed by atoms with van der Waals surface area (Å²) in [5.74, 6) is -0.00938. The van der Waals surface area contributed by atoms with Gasteiger partial charge in [0.15, 0.2) is 0 Å². The molecule has 0 radical (unpaired) electrons. The van der Waals surface area contributed by atoms with E-state index >= 15 is 0 Å². The van der Waals surface area contributed by atoms with Crippen LogP contribution in [0.25, 0.3) is 10.9 Å². The predicted octanol–water partition coefficient (Wildman–Crippen LogP) is 1.51. The third kappa shape index (κ3) is 2.80. The number of carbonyl (C=O) groups excluding carboxylic acids is 1. The van der Waals surface area contributed by atoms with Gasteiger partial charge < -0.3 is 10.0 Å². The maximum atomic E-state index is 13.0. The molecular formula is C19H24N4O3. The molecule has 2 aromatic rings. The summed E-state index contributed by atoms with van der Waals surface area (Å²) in [6.45, 7) is 2.76. The van der Waals surface area contributed by atoms with Gasteiger partial charge in [0.05, 0.1) is 11.0 Å². The van der Waals surface area contributed by atoms with Crippen molar-refractivity contribution >= 4 is 16.8 Å². The zero-order chi connectivity index (χ0) is 18.3. The summed E-state index contributed by atoms with van der Waals surface area (Å²) in [5, 5.41) is 19.3. The molecule has 2 heterocycles. The van der Waals surface area contributed by atoms with E-state index in [0.717, 1.165) is 25.7 Å². The molecule has 3 atom stereocenters. The Balaban J connectivity index is 1.57. The number of benzene rings is 1. The molecule has 1 aromatic carbocycles. The van der Waals surface area contributed by atoms with Crippen molar-refractivity contribution in [3.05, 3.63) is 34.6 Å². The zero-order valence-electron chi connectivity index (χ0n) is 15.0. The van der Waals surface area contributed by atoms with Crippen molar-refractivity contribution in [2.45, 2.75) is 50.7 Å². The molecule has 0 bridgehead atoms. The van der Waals surface area contributed by atoms with E-state index in [1.807, 2.05) is 0 Å². The van der Waals surface area contributed by atoms with Crippen LogP contribution in [0, 0.1) is 5.92 Å². The summed E-state index contributed by atoms with van der Waals surface area (Å²) in [6.07, 6.45) is 4.53. The minimum Gasteiger partial charge on any atom is -0.389 e. The van der Waals surface area contributed by atoms with Crippen LogP contribution in [0.2, 0.25) is 0 Å². The number of hydrogen-bond donors (Lipinski definition) is 1. The zero-order valence-corrected chi connectivity index (χ0v) is 15.0. The number of piperidine rings is 1. The van der Waals surface area contributed by atoms with Gasteiger partial charge in [0.2, 0.25) is 5.91 Å². The first kappa shape index (κ1) is 17.1. The molecule has 7 heteroatoms. The molecule has 1 N–H and O–H groups in total. The van der Waals surface area contributed by atoms with Crippen LogP contribution in [0.5, 0.6) is 0 Å². The first-order valence-electron chi connectivity index (χ1n) is 9.35. The molecule has 0 unspecified atom stereocenters. The number of fused-ring (bicyclic) bond motifs is 2. The normalized spacial score (nSPS) is 27.2. The number of likely N-dealkylation sites (tertiary alicyclic amines) is 1. The molecule has 4 rings (SSSR count). The Hall–Kier alpha value is -2.28. The Bertz CT molecular complexity index is 896. The fourth-order valence-electron chi connectivity index (χ4n) is 4.40. The molecule has 1 saturated carbocycles. The van der Waals surface area contributed by atoms with Crippen LogP contribution in [0.4, 0.5) is 0 Å². The monoisotopic (exact) mass is 356 g/mol. The van der Waals surface area contributed by atoms with E-state index in [9.17, 15) is 14.7 Å². The van der Waals surface area contributed by atoms with Gasteiger partial charge in [-0.3, -0.25) is 9.59 Å². The van der Waals surface area contributed by atoms with Crippen LogP contribution in [0.15, 0.2) is 29.1 Å². The predicted molar refractivity (Wildman–Crippen MR) is 96.6 cm³/mol. The van der Waals surface area contributed by atoms with Crippen LogP contribution >= 0.6 is 0 Å². The fourth-order valence-corrected chi connectivity index (χ4v) is 4.40. The Morgan fingerprint density at radius 2 is 2.12 bits per heavy atom. The average molecular weight is 356 g/mol. The standard InChI is InChI=1S/C19H24N4O3/c1-13(23-18(25)15-7-2-3-8-16(15)20-21-23)17(24)22-11-10-19(26)9-5-4-6-14(19)12-22/h2-3,7-8,13-14,26H,4-6,9-12H2,1H3/t13-,14-,19+/m1/s1. The van der Waals surface area contributed by atoms with Crippen LogP contribution < -0.4 is 5.56 Å². The SMILES string of the molecule is C[C@H](C(=O)N1CC[C@@]2(O)CCCC[C@@H]2C1)n1nnc2ccccc2c1=O. The Morgan fingerprint density at radius 1 is 1.31 bits per heavy atom. The molecule has 2 aliphatic rings. The Labute approximate surface area is 151 Å². The van der Waals surface area contributed by atoms with Gasteiger partial charge in [-0.2, -0.15) is 4.68 Å². The van der Waals surface area contributed by atoms with Crippen molar-refractivity contribution < 1.29 is 9.90 Å². The van der Waals surface area contributed by atoms with Gasteiger partial charge >= 0.3 is 0 Å². The molecule has 1 aromatic heterocycles. The van der Waals surface area contributed by atoms with E-state index in [0.29, 0.717) is 30.4 Å². The van der Waals surface area contributed by atoms with Gasteiger partial charge in [-0.25, -0.2) is 0 Å². The molecule has 2 fully saturated rings. The first-order chi connectivity index (χ1) is 12.5. The lowest BCUT2D eigenvalue weighted by Crippen LogP contribution is -2.55. The second kappa shape index (κ2) is 6.46. The van der Waals surface area contributed by atoms with E-state index < -0.39 is 11.6 Å². The summed E-state index contributed by atoms with van der Waals surface area (Å²) >= 11 is 0. The van der Waals surface area contributed by atoms with E-state index in [1.165, 1.54) is 4.68 Å². The highest BCUT2D eigenvalue weighted by Crippen LogP contribution is 2.40. The summed E-state index contributed by atoms with van der Waals surface area (Å²) in [4.78, 5) is 27.4. The number of nitrogens with zero attached hydrogens (tertiary/aromatic N) is 4. The second-order valence-electron chi connectivity index (χ2n) is 7.61. The van der Waals surface area contributed by atoms with Crippen molar-refractivity contribution in [3.8, 4) is 0 Å². The number of hydrogen-bond acceptors (Lipinski definition) is 5.